The molecule has 0 aromatic heterocycles. The normalized spacial score (nSPS) is 18.2. The van der Waals surface area contributed by atoms with Gasteiger partial charge in [0.05, 0.1) is 4.90 Å². The first-order chi connectivity index (χ1) is 11.3. The third-order valence-electron chi connectivity index (χ3n) is 3.69. The molecule has 1 aliphatic rings. The zero-order chi connectivity index (χ0) is 17.3. The Hall–Kier alpha value is -1.77. The van der Waals surface area contributed by atoms with E-state index >= 15 is 0 Å². The first-order valence-corrected chi connectivity index (χ1v) is 9.46. The minimum Gasteiger partial charge on any atom is -0.311 e. The first-order valence-electron chi connectivity index (χ1n) is 7.19. The van der Waals surface area contributed by atoms with Crippen molar-refractivity contribution < 1.29 is 17.6 Å². The van der Waals surface area contributed by atoms with Crippen LogP contribution in [0.5, 0.6) is 0 Å². The number of carbonyl (C=O) groups is 1. The number of hydrogen-bond acceptors (Lipinski definition) is 3. The van der Waals surface area contributed by atoms with Gasteiger partial charge in [-0.3, -0.25) is 4.79 Å². The molecule has 1 saturated heterocycles. The summed E-state index contributed by atoms with van der Waals surface area (Å²) in [5, 5.41) is 0. The molecule has 2 aromatic rings. The summed E-state index contributed by atoms with van der Waals surface area (Å²) < 4.78 is 41.4. The lowest BCUT2D eigenvalue weighted by Crippen LogP contribution is -2.37. The molecular formula is C16H14BrFN2O3S. The van der Waals surface area contributed by atoms with Gasteiger partial charge in [-0.1, -0.05) is 22.0 Å². The van der Waals surface area contributed by atoms with Crippen LogP contribution in [0, 0.1) is 5.82 Å². The Bertz CT molecular complexity index is 871. The van der Waals surface area contributed by atoms with Gasteiger partial charge in [-0.25, -0.2) is 17.5 Å². The number of benzene rings is 2. The number of halogens is 2. The number of sulfonamides is 1. The fourth-order valence-corrected chi connectivity index (χ4v) is 4.07. The van der Waals surface area contributed by atoms with E-state index < -0.39 is 21.9 Å². The van der Waals surface area contributed by atoms with E-state index in [-0.39, 0.29) is 23.8 Å². The minimum atomic E-state index is -3.72. The van der Waals surface area contributed by atoms with E-state index in [0.29, 0.717) is 5.69 Å². The number of anilines is 1. The van der Waals surface area contributed by atoms with Crippen LogP contribution in [0.3, 0.4) is 0 Å². The van der Waals surface area contributed by atoms with Crippen LogP contribution in [-0.2, 0) is 14.8 Å². The van der Waals surface area contributed by atoms with Crippen molar-refractivity contribution in [1.82, 2.24) is 4.72 Å². The fraction of sp³-hybridized carbons (Fsp3) is 0.188. The molecular weight excluding hydrogens is 399 g/mol. The highest BCUT2D eigenvalue weighted by molar-refractivity contribution is 9.10. The topological polar surface area (TPSA) is 66.5 Å². The van der Waals surface area contributed by atoms with Crippen molar-refractivity contribution in [3.8, 4) is 0 Å². The van der Waals surface area contributed by atoms with E-state index in [4.69, 9.17) is 0 Å². The zero-order valence-electron chi connectivity index (χ0n) is 12.4. The Balaban J connectivity index is 1.75. The molecule has 1 unspecified atom stereocenters. The van der Waals surface area contributed by atoms with E-state index in [9.17, 15) is 17.6 Å². The average Bonchev–Trinajstić information content (AvgIpc) is 2.87. The monoisotopic (exact) mass is 412 g/mol. The standard InChI is InChI=1S/C16H14BrFN2O3S/c17-11-4-6-15(7-5-11)24(22,23)19-13-9-16(21)20(10-13)14-3-1-2-12(18)8-14/h1-8,13,19H,9-10H2. The van der Waals surface area contributed by atoms with Gasteiger partial charge in [0.25, 0.3) is 0 Å². The van der Waals surface area contributed by atoms with E-state index in [1.165, 1.54) is 35.2 Å². The van der Waals surface area contributed by atoms with Gasteiger partial charge in [-0.05, 0) is 42.5 Å². The van der Waals surface area contributed by atoms with Crippen LogP contribution in [-0.4, -0.2) is 26.9 Å². The van der Waals surface area contributed by atoms with Crippen LogP contribution in [0.15, 0.2) is 57.9 Å². The predicted octanol–water partition coefficient (Wildman–Crippen LogP) is 2.67. The molecule has 0 saturated carbocycles. The highest BCUT2D eigenvalue weighted by Gasteiger charge is 2.33. The number of nitrogens with one attached hydrogen (secondary N) is 1. The van der Waals surface area contributed by atoms with E-state index in [2.05, 4.69) is 20.7 Å². The molecule has 2 aromatic carbocycles. The fourth-order valence-electron chi connectivity index (χ4n) is 2.58. The highest BCUT2D eigenvalue weighted by Crippen LogP contribution is 2.23. The SMILES string of the molecule is O=C1CC(NS(=O)(=O)c2ccc(Br)cc2)CN1c1cccc(F)c1. The van der Waals surface area contributed by atoms with Crippen LogP contribution in [0.25, 0.3) is 0 Å². The third-order valence-corrected chi connectivity index (χ3v) is 5.76. The Labute approximate surface area is 147 Å². The summed E-state index contributed by atoms with van der Waals surface area (Å²) in [6, 6.07) is 11.3. The van der Waals surface area contributed by atoms with Crippen molar-refractivity contribution in [1.29, 1.82) is 0 Å². The molecule has 1 fully saturated rings. The molecule has 3 rings (SSSR count). The maximum atomic E-state index is 13.3. The van der Waals surface area contributed by atoms with Gasteiger partial charge in [0, 0.05) is 29.2 Å². The Morgan fingerprint density at radius 1 is 1.17 bits per heavy atom. The molecule has 1 N–H and O–H groups in total. The maximum Gasteiger partial charge on any atom is 0.240 e. The lowest BCUT2D eigenvalue weighted by molar-refractivity contribution is -0.117. The molecule has 0 aliphatic carbocycles. The highest BCUT2D eigenvalue weighted by atomic mass is 79.9. The molecule has 0 spiro atoms. The van der Waals surface area contributed by atoms with Crippen molar-refractivity contribution in [2.75, 3.05) is 11.4 Å². The van der Waals surface area contributed by atoms with Crippen molar-refractivity contribution in [3.05, 3.63) is 58.8 Å². The van der Waals surface area contributed by atoms with Crippen LogP contribution in [0.1, 0.15) is 6.42 Å². The second-order valence-corrected chi connectivity index (χ2v) is 8.09. The predicted molar refractivity (Wildman–Crippen MR) is 91.6 cm³/mol. The van der Waals surface area contributed by atoms with Crippen molar-refractivity contribution in [3.63, 3.8) is 0 Å². The smallest absolute Gasteiger partial charge is 0.240 e. The van der Waals surface area contributed by atoms with Gasteiger partial charge >= 0.3 is 0 Å². The van der Waals surface area contributed by atoms with Crippen LogP contribution >= 0.6 is 15.9 Å². The average molecular weight is 413 g/mol. The van der Waals surface area contributed by atoms with Gasteiger partial charge < -0.3 is 4.90 Å². The Morgan fingerprint density at radius 3 is 2.54 bits per heavy atom. The number of carbonyl (C=O) groups excluding carboxylic acids is 1. The number of hydrogen-bond donors (Lipinski definition) is 1. The molecule has 0 bridgehead atoms. The minimum absolute atomic E-state index is 0.0340. The Kier molecular flexibility index (Phi) is 4.71. The summed E-state index contributed by atoms with van der Waals surface area (Å²) in [6.07, 6.45) is 0.0340. The van der Waals surface area contributed by atoms with Gasteiger partial charge in [0.15, 0.2) is 0 Å². The summed E-state index contributed by atoms with van der Waals surface area (Å²) in [5.41, 5.74) is 0.422. The number of rotatable bonds is 4. The van der Waals surface area contributed by atoms with Crippen LogP contribution in [0.2, 0.25) is 0 Å². The number of nitrogens with zero attached hydrogens (tertiary/aromatic N) is 1. The van der Waals surface area contributed by atoms with Gasteiger partial charge in [-0.15, -0.1) is 0 Å². The largest absolute Gasteiger partial charge is 0.311 e. The summed E-state index contributed by atoms with van der Waals surface area (Å²) in [5.74, 6) is -0.691. The van der Waals surface area contributed by atoms with Gasteiger partial charge in [-0.2, -0.15) is 0 Å². The molecule has 5 nitrogen and oxygen atoms in total. The molecule has 1 amide bonds. The quantitative estimate of drug-likeness (QED) is 0.839. The van der Waals surface area contributed by atoms with Crippen LogP contribution in [0.4, 0.5) is 10.1 Å². The lowest BCUT2D eigenvalue weighted by Gasteiger charge is -2.17. The summed E-state index contributed by atoms with van der Waals surface area (Å²) in [4.78, 5) is 13.6. The van der Waals surface area contributed by atoms with E-state index in [0.717, 1.165) is 4.47 Å². The van der Waals surface area contributed by atoms with E-state index in [1.54, 1.807) is 18.2 Å². The molecule has 24 heavy (non-hydrogen) atoms. The zero-order valence-corrected chi connectivity index (χ0v) is 14.8. The lowest BCUT2D eigenvalue weighted by atomic mass is 10.3. The summed E-state index contributed by atoms with van der Waals surface area (Å²) in [7, 11) is -3.72. The third kappa shape index (κ3) is 3.66. The van der Waals surface area contributed by atoms with Crippen molar-refractivity contribution in [2.24, 2.45) is 0 Å². The van der Waals surface area contributed by atoms with E-state index in [1.807, 2.05) is 0 Å². The van der Waals surface area contributed by atoms with Gasteiger partial charge in [0.2, 0.25) is 15.9 Å². The maximum absolute atomic E-state index is 13.3. The molecule has 0 radical (unpaired) electrons. The molecule has 126 valence electrons. The summed E-state index contributed by atoms with van der Waals surface area (Å²) in [6.45, 7) is 0.165. The van der Waals surface area contributed by atoms with Crippen LogP contribution < -0.4 is 9.62 Å². The molecule has 1 aliphatic heterocycles. The molecule has 1 heterocycles. The van der Waals surface area contributed by atoms with Gasteiger partial charge in [0.1, 0.15) is 5.82 Å². The molecule has 1 atom stereocenters. The first kappa shape index (κ1) is 17.1. The Morgan fingerprint density at radius 2 is 1.88 bits per heavy atom. The number of amides is 1. The summed E-state index contributed by atoms with van der Waals surface area (Å²) >= 11 is 3.25. The molecule has 8 heteroatoms. The van der Waals surface area contributed by atoms with Crippen molar-refractivity contribution >= 4 is 37.5 Å². The second-order valence-electron chi connectivity index (χ2n) is 5.46. The second kappa shape index (κ2) is 6.62. The van der Waals surface area contributed by atoms with Crippen molar-refractivity contribution in [2.45, 2.75) is 17.4 Å².